The van der Waals surface area contributed by atoms with Gasteiger partial charge in [-0.2, -0.15) is 0 Å². The number of amides is 1. The number of hydrogen-bond acceptors (Lipinski definition) is 5. The van der Waals surface area contributed by atoms with E-state index < -0.39 is 0 Å². The molecule has 0 spiro atoms. The number of rotatable bonds is 7. The van der Waals surface area contributed by atoms with Crippen LogP contribution in [-0.2, 0) is 24.2 Å². The molecule has 0 atom stereocenters. The van der Waals surface area contributed by atoms with Crippen molar-refractivity contribution in [1.29, 1.82) is 0 Å². The first-order valence-corrected chi connectivity index (χ1v) is 11.9. The van der Waals surface area contributed by atoms with E-state index in [1.54, 1.807) is 40.4 Å². The molecular weight excluding hydrogens is 410 g/mol. The van der Waals surface area contributed by atoms with Crippen LogP contribution in [0, 0.1) is 0 Å². The van der Waals surface area contributed by atoms with Crippen LogP contribution in [0.25, 0.3) is 10.2 Å². The van der Waals surface area contributed by atoms with Crippen molar-refractivity contribution in [1.82, 2.24) is 9.97 Å². The number of anilines is 1. The van der Waals surface area contributed by atoms with Crippen LogP contribution in [0.2, 0.25) is 0 Å². The topological polar surface area (TPSA) is 46.1 Å². The van der Waals surface area contributed by atoms with E-state index in [2.05, 4.69) is 42.2 Å². The van der Waals surface area contributed by atoms with Crippen molar-refractivity contribution in [2.45, 2.75) is 31.2 Å². The maximum Gasteiger partial charge on any atom is 0.233 e. The van der Waals surface area contributed by atoms with Gasteiger partial charge in [0, 0.05) is 17.3 Å². The summed E-state index contributed by atoms with van der Waals surface area (Å²) in [6.45, 7) is 2.58. The summed E-state index contributed by atoms with van der Waals surface area (Å²) < 4.78 is 1.11. The number of para-hydroxylation sites is 1. The molecule has 0 aliphatic carbocycles. The van der Waals surface area contributed by atoms with Gasteiger partial charge < -0.3 is 0 Å². The molecule has 0 saturated heterocycles. The second kappa shape index (κ2) is 9.41. The molecule has 0 bridgehead atoms. The Kier molecular flexibility index (Phi) is 6.45. The molecule has 0 fully saturated rings. The first-order valence-electron chi connectivity index (χ1n) is 9.88. The highest BCUT2D eigenvalue weighted by molar-refractivity contribution is 7.98. The van der Waals surface area contributed by atoms with Crippen LogP contribution in [0.5, 0.6) is 0 Å². The van der Waals surface area contributed by atoms with Crippen molar-refractivity contribution < 1.29 is 4.79 Å². The maximum atomic E-state index is 13.4. The summed E-state index contributed by atoms with van der Waals surface area (Å²) in [7, 11) is 0. The highest BCUT2D eigenvalue weighted by atomic mass is 32.2. The number of aryl methyl sites for hydroxylation is 1. The van der Waals surface area contributed by atoms with E-state index in [4.69, 9.17) is 4.98 Å². The Morgan fingerprint density at radius 3 is 2.60 bits per heavy atom. The molecule has 0 aliphatic heterocycles. The molecule has 0 saturated carbocycles. The second-order valence-corrected chi connectivity index (χ2v) is 8.87. The number of thioether (sulfide) groups is 1. The third-order valence-electron chi connectivity index (χ3n) is 4.98. The predicted molar refractivity (Wildman–Crippen MR) is 126 cm³/mol. The van der Waals surface area contributed by atoms with Crippen LogP contribution in [0.4, 0.5) is 5.13 Å². The molecule has 0 radical (unpaired) electrons. The van der Waals surface area contributed by atoms with Crippen molar-refractivity contribution in [2.24, 2.45) is 0 Å². The van der Waals surface area contributed by atoms with Gasteiger partial charge >= 0.3 is 0 Å². The van der Waals surface area contributed by atoms with Crippen LogP contribution in [0.1, 0.15) is 23.6 Å². The number of pyridine rings is 1. The zero-order valence-electron chi connectivity index (χ0n) is 17.0. The Hall–Kier alpha value is -2.70. The molecule has 6 heteroatoms. The van der Waals surface area contributed by atoms with Crippen molar-refractivity contribution in [3.8, 4) is 0 Å². The van der Waals surface area contributed by atoms with E-state index >= 15 is 0 Å². The van der Waals surface area contributed by atoms with Crippen LogP contribution in [0.15, 0.2) is 71.9 Å². The average molecular weight is 434 g/mol. The third-order valence-corrected chi connectivity index (χ3v) is 6.77. The number of aromatic nitrogens is 2. The van der Waals surface area contributed by atoms with Crippen LogP contribution in [0.3, 0.4) is 0 Å². The Morgan fingerprint density at radius 2 is 1.90 bits per heavy atom. The Bertz CT molecular complexity index is 1140. The minimum Gasteiger partial charge on any atom is -0.283 e. The Morgan fingerprint density at radius 1 is 1.07 bits per heavy atom. The number of thiazole rings is 1. The molecule has 30 heavy (non-hydrogen) atoms. The number of carbonyl (C=O) groups excluding carboxylic acids is 1. The SMILES string of the molecule is CCc1cccc2sc(N(Cc3cccnc3)C(=O)Cc3ccc(SC)cc3)nc12. The molecular formula is C24H23N3OS2. The Balaban J connectivity index is 1.67. The zero-order chi connectivity index (χ0) is 20.9. The lowest BCUT2D eigenvalue weighted by Crippen LogP contribution is -2.31. The quantitative estimate of drug-likeness (QED) is 0.348. The summed E-state index contributed by atoms with van der Waals surface area (Å²) in [5.74, 6) is 0.0351. The largest absolute Gasteiger partial charge is 0.283 e. The van der Waals surface area contributed by atoms with Crippen LogP contribution < -0.4 is 4.90 Å². The maximum absolute atomic E-state index is 13.4. The van der Waals surface area contributed by atoms with Gasteiger partial charge in [-0.3, -0.25) is 14.7 Å². The third kappa shape index (κ3) is 4.55. The van der Waals surface area contributed by atoms with Crippen molar-refractivity contribution in [3.63, 3.8) is 0 Å². The van der Waals surface area contributed by atoms with Crippen molar-refractivity contribution in [3.05, 3.63) is 83.7 Å². The number of benzene rings is 2. The standard InChI is InChI=1S/C24H23N3OS2/c1-3-19-7-4-8-21-23(19)26-24(30-21)27(16-18-6-5-13-25-15-18)22(28)14-17-9-11-20(29-2)12-10-17/h4-13,15H,3,14,16H2,1-2H3. The lowest BCUT2D eigenvalue weighted by atomic mass is 10.1. The highest BCUT2D eigenvalue weighted by Gasteiger charge is 2.21. The Labute approximate surface area is 185 Å². The fraction of sp³-hybridized carbons (Fsp3) is 0.208. The fourth-order valence-electron chi connectivity index (χ4n) is 3.34. The summed E-state index contributed by atoms with van der Waals surface area (Å²) >= 11 is 3.27. The summed E-state index contributed by atoms with van der Waals surface area (Å²) in [5, 5.41) is 0.737. The number of fused-ring (bicyclic) bond motifs is 1. The van der Waals surface area contributed by atoms with Gasteiger partial charge in [0.2, 0.25) is 5.91 Å². The van der Waals surface area contributed by atoms with Gasteiger partial charge in [-0.05, 0) is 53.6 Å². The lowest BCUT2D eigenvalue weighted by Gasteiger charge is -2.20. The van der Waals surface area contributed by atoms with Gasteiger partial charge in [0.15, 0.2) is 5.13 Å². The molecule has 2 heterocycles. The predicted octanol–water partition coefficient (Wildman–Crippen LogP) is 5.75. The van der Waals surface area contributed by atoms with E-state index in [1.165, 1.54) is 10.5 Å². The van der Waals surface area contributed by atoms with E-state index in [1.807, 2.05) is 30.5 Å². The lowest BCUT2D eigenvalue weighted by molar-refractivity contribution is -0.118. The molecule has 1 amide bonds. The summed E-state index contributed by atoms with van der Waals surface area (Å²) in [6.07, 6.45) is 6.85. The van der Waals surface area contributed by atoms with Gasteiger partial charge in [0.25, 0.3) is 0 Å². The highest BCUT2D eigenvalue weighted by Crippen LogP contribution is 2.32. The number of nitrogens with zero attached hydrogens (tertiary/aromatic N) is 3. The summed E-state index contributed by atoms with van der Waals surface area (Å²) in [6, 6.07) is 18.3. The average Bonchev–Trinajstić information content (AvgIpc) is 3.22. The summed E-state index contributed by atoms with van der Waals surface area (Å²) in [5.41, 5.74) is 4.19. The molecule has 2 aromatic carbocycles. The fourth-order valence-corrected chi connectivity index (χ4v) is 4.78. The second-order valence-electron chi connectivity index (χ2n) is 6.98. The molecule has 4 rings (SSSR count). The van der Waals surface area contributed by atoms with Crippen molar-refractivity contribution >= 4 is 44.4 Å². The minimum absolute atomic E-state index is 0.0351. The molecule has 4 nitrogen and oxygen atoms in total. The minimum atomic E-state index is 0.0351. The van der Waals surface area contributed by atoms with Gasteiger partial charge in [-0.25, -0.2) is 4.98 Å². The zero-order valence-corrected chi connectivity index (χ0v) is 18.7. The van der Waals surface area contributed by atoms with Gasteiger partial charge in [-0.1, -0.05) is 48.6 Å². The smallest absolute Gasteiger partial charge is 0.233 e. The van der Waals surface area contributed by atoms with E-state index in [0.717, 1.165) is 32.9 Å². The van der Waals surface area contributed by atoms with Gasteiger partial charge in [0.05, 0.1) is 23.2 Å². The molecule has 0 aliphatic rings. The molecule has 152 valence electrons. The van der Waals surface area contributed by atoms with E-state index in [-0.39, 0.29) is 5.91 Å². The van der Waals surface area contributed by atoms with Gasteiger partial charge in [-0.15, -0.1) is 11.8 Å². The van der Waals surface area contributed by atoms with E-state index in [9.17, 15) is 4.79 Å². The summed E-state index contributed by atoms with van der Waals surface area (Å²) in [4.78, 5) is 25.4. The van der Waals surface area contributed by atoms with Crippen LogP contribution in [-0.4, -0.2) is 22.1 Å². The molecule has 2 aromatic heterocycles. The van der Waals surface area contributed by atoms with Crippen LogP contribution >= 0.6 is 23.1 Å². The van der Waals surface area contributed by atoms with Crippen molar-refractivity contribution in [2.75, 3.05) is 11.2 Å². The number of carbonyl (C=O) groups is 1. The van der Waals surface area contributed by atoms with Gasteiger partial charge in [0.1, 0.15) is 0 Å². The molecule has 4 aromatic rings. The monoisotopic (exact) mass is 433 g/mol. The first kappa shape index (κ1) is 20.6. The first-order chi connectivity index (χ1) is 14.7. The normalized spacial score (nSPS) is 11.0. The molecule has 0 unspecified atom stereocenters. The molecule has 0 N–H and O–H groups in total. The van der Waals surface area contributed by atoms with E-state index in [0.29, 0.717) is 13.0 Å². The number of hydrogen-bond donors (Lipinski definition) is 0.